The molecule has 0 fully saturated rings. The predicted octanol–water partition coefficient (Wildman–Crippen LogP) is 1.48. The van der Waals surface area contributed by atoms with E-state index in [1.165, 1.54) is 24.5 Å². The number of halogens is 3. The third kappa shape index (κ3) is 4.49. The zero-order valence-corrected chi connectivity index (χ0v) is 15.4. The minimum Gasteiger partial charge on any atom is -0.382 e. The van der Waals surface area contributed by atoms with Crippen LogP contribution in [-0.4, -0.2) is 37.3 Å². The lowest BCUT2D eigenvalue weighted by molar-refractivity contribution is -0.137. The van der Waals surface area contributed by atoms with Gasteiger partial charge < -0.3 is 5.73 Å². The fraction of sp³-hybridized carbons (Fsp3) is 0.176. The smallest absolute Gasteiger partial charge is 0.382 e. The van der Waals surface area contributed by atoms with Gasteiger partial charge in [0.15, 0.2) is 0 Å². The molecule has 1 aliphatic heterocycles. The van der Waals surface area contributed by atoms with Crippen molar-refractivity contribution in [2.75, 3.05) is 6.54 Å². The number of carbonyl (C=O) groups excluding carboxylic acids is 1. The Labute approximate surface area is 163 Å². The van der Waals surface area contributed by atoms with Gasteiger partial charge in [0.2, 0.25) is 15.8 Å². The number of amidine groups is 1. The van der Waals surface area contributed by atoms with Gasteiger partial charge in [-0.2, -0.15) is 13.2 Å². The van der Waals surface area contributed by atoms with Crippen molar-refractivity contribution in [3.8, 4) is 0 Å². The van der Waals surface area contributed by atoms with Crippen molar-refractivity contribution in [1.29, 1.82) is 0 Å². The minimum absolute atomic E-state index is 0.114. The van der Waals surface area contributed by atoms with Crippen LogP contribution < -0.4 is 10.9 Å². The van der Waals surface area contributed by atoms with Crippen LogP contribution in [0.1, 0.15) is 27.5 Å². The second-order valence-corrected chi connectivity index (χ2v) is 7.69. The van der Waals surface area contributed by atoms with Crippen LogP contribution in [0.5, 0.6) is 0 Å². The maximum absolute atomic E-state index is 13.2. The summed E-state index contributed by atoms with van der Waals surface area (Å²) >= 11 is 0. The number of carbonyl (C=O) groups is 1. The number of hydrogen-bond acceptors (Lipinski definition) is 7. The molecule has 0 spiro atoms. The van der Waals surface area contributed by atoms with Crippen LogP contribution >= 0.6 is 0 Å². The summed E-state index contributed by atoms with van der Waals surface area (Å²) in [5.41, 5.74) is 4.33. The van der Waals surface area contributed by atoms with Crippen LogP contribution in [0.2, 0.25) is 0 Å². The van der Waals surface area contributed by atoms with Crippen LogP contribution in [-0.2, 0) is 16.2 Å². The van der Waals surface area contributed by atoms with Crippen molar-refractivity contribution >= 4 is 27.4 Å². The topological polar surface area (TPSA) is 141 Å². The Morgan fingerprint density at radius 1 is 1.21 bits per heavy atom. The first kappa shape index (κ1) is 20.6. The number of aromatic nitrogens is 1. The monoisotopic (exact) mass is 425 g/mol. The average molecular weight is 425 g/mol. The molecule has 0 saturated heterocycles. The Bertz CT molecular complexity index is 1130. The fourth-order valence-electron chi connectivity index (χ4n) is 2.65. The number of nitrogens with two attached hydrogens (primary N) is 2. The zero-order valence-electron chi connectivity index (χ0n) is 14.6. The van der Waals surface area contributed by atoms with Crippen molar-refractivity contribution in [3.05, 3.63) is 59.4 Å². The molecule has 1 aromatic heterocycles. The highest BCUT2D eigenvalue weighted by atomic mass is 32.2. The number of benzene rings is 1. The zero-order chi connectivity index (χ0) is 21.4. The fourth-order valence-corrected chi connectivity index (χ4v) is 3.25. The second-order valence-electron chi connectivity index (χ2n) is 6.12. The number of rotatable bonds is 4. The van der Waals surface area contributed by atoms with Gasteiger partial charge in [-0.3, -0.25) is 19.8 Å². The number of Topliss-reactive ketones (excluding diaryl/α,β-unsaturated/α-hetero) is 1. The summed E-state index contributed by atoms with van der Waals surface area (Å²) in [6.07, 6.45) is -2.08. The highest BCUT2D eigenvalue weighted by molar-refractivity contribution is 7.89. The number of alkyl halides is 3. The van der Waals surface area contributed by atoms with E-state index in [-0.39, 0.29) is 29.2 Å². The molecule has 0 radical (unpaired) electrons. The number of hydrogen-bond donors (Lipinski definition) is 2. The maximum Gasteiger partial charge on any atom is 0.416 e. The van der Waals surface area contributed by atoms with E-state index in [0.29, 0.717) is 6.07 Å². The van der Waals surface area contributed by atoms with Gasteiger partial charge in [0.25, 0.3) is 0 Å². The highest BCUT2D eigenvalue weighted by Gasteiger charge is 2.34. The number of sulfonamides is 1. The van der Waals surface area contributed by atoms with Crippen LogP contribution in [0.15, 0.2) is 57.6 Å². The van der Waals surface area contributed by atoms with Crippen LogP contribution in [0, 0.1) is 0 Å². The summed E-state index contributed by atoms with van der Waals surface area (Å²) < 4.78 is 62.9. The Morgan fingerprint density at radius 2 is 1.93 bits per heavy atom. The molecule has 4 N–H and O–H groups in total. The van der Waals surface area contributed by atoms with Gasteiger partial charge in [-0.15, -0.1) is 0 Å². The van der Waals surface area contributed by atoms with E-state index in [2.05, 4.69) is 15.0 Å². The predicted molar refractivity (Wildman–Crippen MR) is 98.1 cm³/mol. The van der Waals surface area contributed by atoms with E-state index in [4.69, 9.17) is 10.9 Å². The number of pyridine rings is 1. The van der Waals surface area contributed by atoms with Gasteiger partial charge in [0, 0.05) is 18.0 Å². The number of nitrogens with zero attached hydrogens (tertiary/aromatic N) is 3. The van der Waals surface area contributed by atoms with Gasteiger partial charge in [0.05, 0.1) is 23.0 Å². The normalized spacial score (nSPS) is 17.4. The molecule has 0 bridgehead atoms. The van der Waals surface area contributed by atoms with Crippen molar-refractivity contribution < 1.29 is 26.4 Å². The second kappa shape index (κ2) is 7.37. The van der Waals surface area contributed by atoms with E-state index in [0.717, 1.165) is 12.1 Å². The molecule has 1 aliphatic rings. The summed E-state index contributed by atoms with van der Waals surface area (Å²) in [6, 6.07) is 4.09. The third-order valence-corrected chi connectivity index (χ3v) is 4.96. The molecular weight excluding hydrogens is 411 g/mol. The van der Waals surface area contributed by atoms with E-state index < -0.39 is 38.5 Å². The molecule has 29 heavy (non-hydrogen) atoms. The third-order valence-electron chi connectivity index (χ3n) is 4.07. The summed E-state index contributed by atoms with van der Waals surface area (Å²) in [5, 5.41) is 5.00. The number of ketones is 1. The molecule has 1 unspecified atom stereocenters. The minimum atomic E-state index is -4.81. The lowest BCUT2D eigenvalue weighted by Gasteiger charge is -2.20. The molecule has 2 heterocycles. The molecule has 8 nitrogen and oxygen atoms in total. The van der Waals surface area contributed by atoms with Crippen LogP contribution in [0.25, 0.3) is 0 Å². The molecule has 152 valence electrons. The average Bonchev–Trinajstić information content (AvgIpc) is 2.67. The largest absolute Gasteiger partial charge is 0.416 e. The number of aliphatic imine (C=N–C) groups is 2. The molecule has 12 heteroatoms. The molecule has 0 amide bonds. The summed E-state index contributed by atoms with van der Waals surface area (Å²) in [5.74, 6) is -0.781. The van der Waals surface area contributed by atoms with E-state index in [1.807, 2.05) is 0 Å². The van der Waals surface area contributed by atoms with Gasteiger partial charge in [-0.05, 0) is 35.9 Å². The Hall–Kier alpha value is -3.12. The molecule has 1 atom stereocenters. The highest BCUT2D eigenvalue weighted by Crippen LogP contribution is 2.34. The molecular formula is C17H14F3N5O3S. The van der Waals surface area contributed by atoms with Gasteiger partial charge in [-0.1, -0.05) is 0 Å². The lowest BCUT2D eigenvalue weighted by atomic mass is 10.0. The molecule has 1 aromatic carbocycles. The quantitative estimate of drug-likeness (QED) is 0.714. The molecule has 3 rings (SSSR count). The first-order valence-corrected chi connectivity index (χ1v) is 9.59. The van der Waals surface area contributed by atoms with E-state index >= 15 is 0 Å². The van der Waals surface area contributed by atoms with Crippen molar-refractivity contribution in [2.24, 2.45) is 20.9 Å². The van der Waals surface area contributed by atoms with E-state index in [9.17, 15) is 26.4 Å². The summed E-state index contributed by atoms with van der Waals surface area (Å²) in [4.78, 5) is 23.8. The first-order chi connectivity index (χ1) is 13.5. The molecule has 2 aromatic rings. The van der Waals surface area contributed by atoms with Crippen LogP contribution in [0.3, 0.4) is 0 Å². The van der Waals surface area contributed by atoms with Crippen molar-refractivity contribution in [2.45, 2.75) is 17.1 Å². The Kier molecular flexibility index (Phi) is 5.24. The van der Waals surface area contributed by atoms with E-state index in [1.54, 1.807) is 0 Å². The SMILES string of the molecule is NC1=NCC(c2cc(C(F)(F)F)cc(S(N)(=O)=O)c2)N=C1C(=O)c1cccnc1. The number of primary sulfonamides is 1. The van der Waals surface area contributed by atoms with Gasteiger partial charge in [0.1, 0.15) is 11.5 Å². The molecule has 0 saturated carbocycles. The molecule has 0 aliphatic carbocycles. The van der Waals surface area contributed by atoms with Gasteiger partial charge in [-0.25, -0.2) is 13.6 Å². The van der Waals surface area contributed by atoms with Crippen molar-refractivity contribution in [1.82, 2.24) is 4.98 Å². The first-order valence-electron chi connectivity index (χ1n) is 8.04. The van der Waals surface area contributed by atoms with Gasteiger partial charge >= 0.3 is 6.18 Å². The Balaban J connectivity index is 2.09. The van der Waals surface area contributed by atoms with Crippen LogP contribution in [0.4, 0.5) is 13.2 Å². The Morgan fingerprint density at radius 3 is 2.52 bits per heavy atom. The van der Waals surface area contributed by atoms with Crippen molar-refractivity contribution in [3.63, 3.8) is 0 Å². The standard InChI is InChI=1S/C17H14F3N5O3S/c18-17(19,20)11-4-10(5-12(6-11)29(22,27)28)13-8-24-16(21)14(25-13)15(26)9-2-1-3-23-7-9/h1-7,13H,8H2,(H2,21,24)(H2,22,27,28). The summed E-state index contributed by atoms with van der Waals surface area (Å²) in [6.45, 7) is -0.166. The maximum atomic E-state index is 13.2. The summed E-state index contributed by atoms with van der Waals surface area (Å²) in [7, 11) is -4.41. The lowest BCUT2D eigenvalue weighted by Crippen LogP contribution is -2.35.